The lowest BCUT2D eigenvalue weighted by Crippen LogP contribution is -2.54. The molecule has 1 amide bonds. The van der Waals surface area contributed by atoms with E-state index in [0.29, 0.717) is 19.6 Å². The van der Waals surface area contributed by atoms with Gasteiger partial charge in [0.15, 0.2) is 0 Å². The number of benzene rings is 1. The molecule has 0 saturated carbocycles. The maximum Gasteiger partial charge on any atom is 0.241 e. The monoisotopic (exact) mass is 374 g/mol. The first-order valence-corrected chi connectivity index (χ1v) is 9.96. The first-order chi connectivity index (χ1) is 12.5. The minimum atomic E-state index is -3.75. The summed E-state index contributed by atoms with van der Waals surface area (Å²) in [5.74, 6) is -0.250. The summed E-state index contributed by atoms with van der Waals surface area (Å²) in [7, 11) is -3.75. The van der Waals surface area contributed by atoms with Crippen LogP contribution in [0.1, 0.15) is 18.5 Å². The molecule has 1 fully saturated rings. The summed E-state index contributed by atoms with van der Waals surface area (Å²) in [5, 5.41) is 3.27. The molecule has 138 valence electrons. The van der Waals surface area contributed by atoms with Crippen molar-refractivity contribution in [2.45, 2.75) is 23.9 Å². The van der Waals surface area contributed by atoms with E-state index < -0.39 is 16.1 Å². The Labute approximate surface area is 153 Å². The van der Waals surface area contributed by atoms with Gasteiger partial charge < -0.3 is 10.2 Å². The number of aromatic nitrogens is 1. The highest BCUT2D eigenvalue weighted by Crippen LogP contribution is 2.22. The maximum absolute atomic E-state index is 12.9. The van der Waals surface area contributed by atoms with Gasteiger partial charge in [-0.3, -0.25) is 9.78 Å². The molecule has 1 saturated heterocycles. The number of piperazine rings is 1. The third kappa shape index (κ3) is 4.09. The predicted octanol–water partition coefficient (Wildman–Crippen LogP) is 0.921. The Bertz CT molecular complexity index is 843. The fraction of sp³-hybridized carbons (Fsp3) is 0.333. The Morgan fingerprint density at radius 1 is 1.27 bits per heavy atom. The van der Waals surface area contributed by atoms with Crippen molar-refractivity contribution in [2.75, 3.05) is 19.6 Å². The normalized spacial score (nSPS) is 19.1. The first kappa shape index (κ1) is 18.5. The summed E-state index contributed by atoms with van der Waals surface area (Å²) in [4.78, 5) is 18.9. The molecule has 0 radical (unpaired) electrons. The summed E-state index contributed by atoms with van der Waals surface area (Å²) in [5.41, 5.74) is 0.922. The van der Waals surface area contributed by atoms with Gasteiger partial charge in [-0.1, -0.05) is 24.3 Å². The molecular weight excluding hydrogens is 352 g/mol. The number of carbonyl (C=O) groups excluding carboxylic acids is 1. The topological polar surface area (TPSA) is 91.4 Å². The number of nitrogens with zero attached hydrogens (tertiary/aromatic N) is 2. The first-order valence-electron chi connectivity index (χ1n) is 8.47. The zero-order valence-electron chi connectivity index (χ0n) is 14.5. The maximum atomic E-state index is 12.9. The van der Waals surface area contributed by atoms with Gasteiger partial charge in [-0.2, -0.15) is 4.72 Å². The predicted molar refractivity (Wildman–Crippen MR) is 97.8 cm³/mol. The third-order valence-electron chi connectivity index (χ3n) is 4.35. The van der Waals surface area contributed by atoms with Gasteiger partial charge in [0.25, 0.3) is 0 Å². The smallest absolute Gasteiger partial charge is 0.241 e. The minimum Gasteiger partial charge on any atom is -0.332 e. The summed E-state index contributed by atoms with van der Waals surface area (Å²) < 4.78 is 27.4. The van der Waals surface area contributed by atoms with Crippen LogP contribution in [0, 0.1) is 0 Å². The molecule has 1 aromatic carbocycles. The van der Waals surface area contributed by atoms with E-state index in [1.54, 1.807) is 42.4 Å². The largest absolute Gasteiger partial charge is 0.332 e. The highest BCUT2D eigenvalue weighted by Gasteiger charge is 2.32. The summed E-state index contributed by atoms with van der Waals surface area (Å²) in [6, 6.07) is 10.8. The van der Waals surface area contributed by atoms with Crippen molar-refractivity contribution in [3.63, 3.8) is 0 Å². The van der Waals surface area contributed by atoms with Gasteiger partial charge >= 0.3 is 0 Å². The zero-order chi connectivity index (χ0) is 18.6. The van der Waals surface area contributed by atoms with Crippen LogP contribution in [0.15, 0.2) is 59.8 Å². The van der Waals surface area contributed by atoms with Crippen LogP contribution in [0.5, 0.6) is 0 Å². The van der Waals surface area contributed by atoms with E-state index in [1.165, 1.54) is 12.1 Å². The van der Waals surface area contributed by atoms with Crippen molar-refractivity contribution in [3.8, 4) is 0 Å². The second kappa shape index (κ2) is 7.94. The molecule has 0 bridgehead atoms. The van der Waals surface area contributed by atoms with E-state index in [9.17, 15) is 13.2 Å². The standard InChI is InChI=1S/C18H22N4O3S/c1-14(21-26(24,25)16-7-3-2-4-8-16)18(23)22-11-10-20-13-17(22)15-6-5-9-19-12-15/h2-9,12,14,17,20-21H,10-11,13H2,1H3. The summed E-state index contributed by atoms with van der Waals surface area (Å²) >= 11 is 0. The van der Waals surface area contributed by atoms with Gasteiger partial charge in [-0.15, -0.1) is 0 Å². The van der Waals surface area contributed by atoms with Crippen molar-refractivity contribution in [1.82, 2.24) is 19.9 Å². The van der Waals surface area contributed by atoms with Crippen LogP contribution in [0.4, 0.5) is 0 Å². The van der Waals surface area contributed by atoms with E-state index in [-0.39, 0.29) is 16.8 Å². The number of pyridine rings is 1. The quantitative estimate of drug-likeness (QED) is 0.812. The van der Waals surface area contributed by atoms with Crippen LogP contribution < -0.4 is 10.0 Å². The summed E-state index contributed by atoms with van der Waals surface area (Å²) in [6.45, 7) is 3.36. The minimum absolute atomic E-state index is 0.142. The Morgan fingerprint density at radius 2 is 2.04 bits per heavy atom. The van der Waals surface area contributed by atoms with Crippen molar-refractivity contribution >= 4 is 15.9 Å². The van der Waals surface area contributed by atoms with Crippen molar-refractivity contribution in [1.29, 1.82) is 0 Å². The Kier molecular flexibility index (Phi) is 5.65. The highest BCUT2D eigenvalue weighted by atomic mass is 32.2. The van der Waals surface area contributed by atoms with Crippen molar-refractivity contribution < 1.29 is 13.2 Å². The lowest BCUT2D eigenvalue weighted by Gasteiger charge is -2.37. The van der Waals surface area contributed by atoms with E-state index in [4.69, 9.17) is 0 Å². The molecule has 2 aromatic rings. The van der Waals surface area contributed by atoms with Gasteiger partial charge in [-0.05, 0) is 30.7 Å². The number of nitrogens with one attached hydrogen (secondary N) is 2. The Balaban J connectivity index is 1.76. The number of sulfonamides is 1. The average molecular weight is 374 g/mol. The van der Waals surface area contributed by atoms with Crippen LogP contribution in [0.2, 0.25) is 0 Å². The zero-order valence-corrected chi connectivity index (χ0v) is 15.3. The Morgan fingerprint density at radius 3 is 2.73 bits per heavy atom. The molecule has 2 heterocycles. The molecule has 1 aliphatic heterocycles. The second-order valence-corrected chi connectivity index (χ2v) is 7.91. The number of amides is 1. The third-order valence-corrected chi connectivity index (χ3v) is 5.91. The molecule has 1 aliphatic rings. The molecule has 0 aliphatic carbocycles. The number of carbonyl (C=O) groups is 1. The molecular formula is C18H22N4O3S. The van der Waals surface area contributed by atoms with Gasteiger partial charge in [-0.25, -0.2) is 8.42 Å². The van der Waals surface area contributed by atoms with Crippen LogP contribution in [-0.4, -0.2) is 49.9 Å². The van der Waals surface area contributed by atoms with E-state index in [1.807, 2.05) is 12.1 Å². The van der Waals surface area contributed by atoms with Gasteiger partial charge in [0, 0.05) is 32.0 Å². The van der Waals surface area contributed by atoms with Crippen LogP contribution >= 0.6 is 0 Å². The molecule has 8 heteroatoms. The molecule has 26 heavy (non-hydrogen) atoms. The fourth-order valence-electron chi connectivity index (χ4n) is 3.04. The number of hydrogen-bond donors (Lipinski definition) is 2. The van der Waals surface area contributed by atoms with E-state index in [0.717, 1.165) is 5.56 Å². The SMILES string of the molecule is CC(NS(=O)(=O)c1ccccc1)C(=O)N1CCNCC1c1cccnc1. The number of hydrogen-bond acceptors (Lipinski definition) is 5. The molecule has 1 aromatic heterocycles. The van der Waals surface area contributed by atoms with Crippen molar-refractivity contribution in [3.05, 3.63) is 60.4 Å². The fourth-order valence-corrected chi connectivity index (χ4v) is 4.26. The van der Waals surface area contributed by atoms with Gasteiger partial charge in [0.1, 0.15) is 0 Å². The Hall–Kier alpha value is -2.29. The molecule has 2 unspecified atom stereocenters. The lowest BCUT2D eigenvalue weighted by molar-refractivity contribution is -0.136. The molecule has 7 nitrogen and oxygen atoms in total. The highest BCUT2D eigenvalue weighted by molar-refractivity contribution is 7.89. The molecule has 2 atom stereocenters. The molecule has 0 spiro atoms. The van der Waals surface area contributed by atoms with Gasteiger partial charge in [0.05, 0.1) is 17.0 Å². The average Bonchev–Trinajstić information content (AvgIpc) is 2.68. The van der Waals surface area contributed by atoms with Crippen LogP contribution in [0.25, 0.3) is 0 Å². The molecule has 2 N–H and O–H groups in total. The second-order valence-electron chi connectivity index (χ2n) is 6.19. The number of rotatable bonds is 5. The lowest BCUT2D eigenvalue weighted by atomic mass is 10.0. The van der Waals surface area contributed by atoms with Crippen LogP contribution in [0.3, 0.4) is 0 Å². The van der Waals surface area contributed by atoms with Gasteiger partial charge in [0.2, 0.25) is 15.9 Å². The van der Waals surface area contributed by atoms with Crippen molar-refractivity contribution in [2.24, 2.45) is 0 Å². The van der Waals surface area contributed by atoms with E-state index in [2.05, 4.69) is 15.0 Å². The van der Waals surface area contributed by atoms with Crippen LogP contribution in [-0.2, 0) is 14.8 Å². The summed E-state index contributed by atoms with van der Waals surface area (Å²) in [6.07, 6.45) is 3.42. The molecule has 3 rings (SSSR count). The van der Waals surface area contributed by atoms with E-state index >= 15 is 0 Å².